The number of likely N-dealkylation sites (tertiary alicyclic amines) is 1. The van der Waals surface area contributed by atoms with E-state index < -0.39 is 38.9 Å². The number of nitrogens with zero attached hydrogens (tertiary/aromatic N) is 3. The van der Waals surface area contributed by atoms with Gasteiger partial charge in [-0.2, -0.15) is 4.31 Å². The Morgan fingerprint density at radius 1 is 1.02 bits per heavy atom. The van der Waals surface area contributed by atoms with E-state index in [-0.39, 0.29) is 35.2 Å². The molecule has 0 radical (unpaired) electrons. The van der Waals surface area contributed by atoms with E-state index in [0.717, 1.165) is 25.7 Å². The summed E-state index contributed by atoms with van der Waals surface area (Å²) in [4.78, 5) is 44.6. The molecule has 42 heavy (non-hydrogen) atoms. The Hall–Kier alpha value is -3.80. The highest BCUT2D eigenvalue weighted by molar-refractivity contribution is 7.89. The van der Waals surface area contributed by atoms with Gasteiger partial charge >= 0.3 is 0 Å². The van der Waals surface area contributed by atoms with Crippen LogP contribution >= 0.6 is 0 Å². The molecule has 0 saturated carbocycles. The Kier molecular flexibility index (Phi) is 7.28. The number of sulfonamides is 1. The van der Waals surface area contributed by atoms with Gasteiger partial charge in [0.1, 0.15) is 5.76 Å². The predicted molar refractivity (Wildman–Crippen MR) is 155 cm³/mol. The van der Waals surface area contributed by atoms with Crippen molar-refractivity contribution in [3.8, 4) is 0 Å². The SMILES string of the molecule is C=CCN1C(=O)C2(/C(=C(/O)c3ccc(S(=O)(=O)N4CCCCC4)cc3)C(=O)C(=O)N2CC2CCCO2)c2ccccc21. The highest BCUT2D eigenvalue weighted by Crippen LogP contribution is 2.53. The van der Waals surface area contributed by atoms with E-state index in [9.17, 15) is 27.9 Å². The lowest BCUT2D eigenvalue weighted by Crippen LogP contribution is -2.53. The van der Waals surface area contributed by atoms with Crippen LogP contribution in [0.15, 0.2) is 71.7 Å². The summed E-state index contributed by atoms with van der Waals surface area (Å²) in [5, 5.41) is 11.7. The molecular weight excluding hydrogens is 558 g/mol. The summed E-state index contributed by atoms with van der Waals surface area (Å²) in [6.07, 6.45) is 5.22. The Morgan fingerprint density at radius 2 is 1.74 bits per heavy atom. The fourth-order valence-electron chi connectivity index (χ4n) is 6.60. The van der Waals surface area contributed by atoms with Crippen LogP contribution < -0.4 is 4.90 Å². The number of amides is 2. The highest BCUT2D eigenvalue weighted by atomic mass is 32.2. The van der Waals surface area contributed by atoms with E-state index in [0.29, 0.717) is 37.4 Å². The summed E-state index contributed by atoms with van der Waals surface area (Å²) >= 11 is 0. The van der Waals surface area contributed by atoms with Gasteiger partial charge in [-0.3, -0.25) is 14.4 Å². The average molecular weight is 592 g/mol. The van der Waals surface area contributed by atoms with Crippen molar-refractivity contribution in [1.29, 1.82) is 0 Å². The van der Waals surface area contributed by atoms with Crippen molar-refractivity contribution in [2.45, 2.75) is 48.6 Å². The molecule has 0 aromatic heterocycles. The normalized spacial score (nSPS) is 25.9. The van der Waals surface area contributed by atoms with Crippen LogP contribution in [0.3, 0.4) is 0 Å². The van der Waals surface area contributed by atoms with Crippen molar-refractivity contribution < 1.29 is 32.6 Å². The van der Waals surface area contributed by atoms with Gasteiger partial charge in [0.05, 0.1) is 22.3 Å². The topological polar surface area (TPSA) is 125 Å². The first kappa shape index (κ1) is 28.3. The van der Waals surface area contributed by atoms with Crippen LogP contribution in [-0.2, 0) is 34.7 Å². The number of rotatable bonds is 7. The van der Waals surface area contributed by atoms with Crippen LogP contribution in [0.1, 0.15) is 43.2 Å². The quantitative estimate of drug-likeness (QED) is 0.227. The van der Waals surface area contributed by atoms with Gasteiger partial charge in [-0.1, -0.05) is 30.7 Å². The largest absolute Gasteiger partial charge is 0.507 e. The zero-order valence-corrected chi connectivity index (χ0v) is 24.0. The minimum atomic E-state index is -3.73. The number of hydrogen-bond donors (Lipinski definition) is 1. The Morgan fingerprint density at radius 3 is 2.40 bits per heavy atom. The molecule has 0 bridgehead atoms. The Balaban J connectivity index is 1.50. The zero-order valence-electron chi connectivity index (χ0n) is 23.2. The molecule has 220 valence electrons. The van der Waals surface area contributed by atoms with Gasteiger partial charge in [-0.15, -0.1) is 6.58 Å². The number of benzene rings is 2. The average Bonchev–Trinajstić information content (AvgIpc) is 3.67. The number of ketones is 1. The monoisotopic (exact) mass is 591 g/mol. The van der Waals surface area contributed by atoms with Crippen molar-refractivity contribution in [1.82, 2.24) is 9.21 Å². The lowest BCUT2D eigenvalue weighted by atomic mass is 9.81. The van der Waals surface area contributed by atoms with Crippen molar-refractivity contribution in [2.24, 2.45) is 0 Å². The smallest absolute Gasteiger partial charge is 0.296 e. The molecule has 2 aromatic carbocycles. The molecule has 2 atom stereocenters. The summed E-state index contributed by atoms with van der Waals surface area (Å²) in [7, 11) is -3.73. The summed E-state index contributed by atoms with van der Waals surface area (Å²) < 4.78 is 33.6. The number of para-hydroxylation sites is 1. The number of carbonyl (C=O) groups is 3. The van der Waals surface area contributed by atoms with Crippen LogP contribution in [0, 0.1) is 0 Å². The highest BCUT2D eigenvalue weighted by Gasteiger charge is 2.67. The molecule has 10 nitrogen and oxygen atoms in total. The Labute approximate surface area is 244 Å². The predicted octanol–water partition coefficient (Wildman–Crippen LogP) is 3.15. The molecule has 2 amide bonds. The maximum absolute atomic E-state index is 14.4. The molecule has 4 aliphatic rings. The van der Waals surface area contributed by atoms with Crippen molar-refractivity contribution in [3.05, 3.63) is 77.9 Å². The third-order valence-electron chi connectivity index (χ3n) is 8.61. The summed E-state index contributed by atoms with van der Waals surface area (Å²) in [6.45, 7) is 5.30. The van der Waals surface area contributed by atoms with Crippen molar-refractivity contribution >= 4 is 39.1 Å². The van der Waals surface area contributed by atoms with E-state index in [4.69, 9.17) is 4.74 Å². The number of fused-ring (bicyclic) bond motifs is 2. The minimum absolute atomic E-state index is 0.00360. The second-order valence-corrected chi connectivity index (χ2v) is 13.0. The third-order valence-corrected chi connectivity index (χ3v) is 10.5. The van der Waals surface area contributed by atoms with Crippen LogP contribution in [0.2, 0.25) is 0 Å². The molecule has 4 heterocycles. The molecule has 3 saturated heterocycles. The number of piperidine rings is 1. The number of Topliss-reactive ketones (excluding diaryl/α,β-unsaturated/α-hetero) is 1. The molecule has 2 aromatic rings. The lowest BCUT2D eigenvalue weighted by molar-refractivity contribution is -0.145. The van der Waals surface area contributed by atoms with Crippen LogP contribution in [0.4, 0.5) is 5.69 Å². The number of aliphatic hydroxyl groups is 1. The fourth-order valence-corrected chi connectivity index (χ4v) is 8.12. The van der Waals surface area contributed by atoms with Crippen LogP contribution in [0.25, 0.3) is 5.76 Å². The van der Waals surface area contributed by atoms with E-state index in [2.05, 4.69) is 6.58 Å². The van der Waals surface area contributed by atoms with Crippen molar-refractivity contribution in [3.63, 3.8) is 0 Å². The number of anilines is 1. The molecule has 0 aliphatic carbocycles. The number of aliphatic hydroxyl groups excluding tert-OH is 1. The molecule has 1 N–H and O–H groups in total. The first-order chi connectivity index (χ1) is 20.2. The first-order valence-corrected chi connectivity index (χ1v) is 15.7. The molecule has 11 heteroatoms. The molecule has 1 spiro atoms. The van der Waals surface area contributed by atoms with Gasteiger partial charge in [0.2, 0.25) is 10.0 Å². The van der Waals surface area contributed by atoms with Gasteiger partial charge in [-0.25, -0.2) is 8.42 Å². The molecule has 3 fully saturated rings. The maximum Gasteiger partial charge on any atom is 0.296 e. The number of carbonyl (C=O) groups excluding carboxylic acids is 3. The molecule has 2 unspecified atom stereocenters. The van der Waals surface area contributed by atoms with Gasteiger partial charge in [0.25, 0.3) is 17.6 Å². The summed E-state index contributed by atoms with van der Waals surface area (Å²) in [5.74, 6) is -2.99. The Bertz CT molecular complexity index is 1590. The maximum atomic E-state index is 14.4. The fraction of sp³-hybridized carbons (Fsp3) is 0.387. The number of hydrogen-bond acceptors (Lipinski definition) is 7. The van der Waals surface area contributed by atoms with Gasteiger partial charge in [-0.05, 0) is 56.0 Å². The summed E-state index contributed by atoms with van der Waals surface area (Å²) in [6, 6.07) is 12.5. The van der Waals surface area contributed by atoms with Gasteiger partial charge in [0, 0.05) is 43.9 Å². The lowest BCUT2D eigenvalue weighted by Gasteiger charge is -2.35. The van der Waals surface area contributed by atoms with E-state index in [1.807, 2.05) is 0 Å². The number of ether oxygens (including phenoxy) is 1. The van der Waals surface area contributed by atoms with Crippen LogP contribution in [-0.4, -0.2) is 79.2 Å². The van der Waals surface area contributed by atoms with E-state index >= 15 is 0 Å². The standard InChI is InChI=1S/C31H33N3O7S/c1-2-16-33-25-11-5-4-10-24(25)31(30(33)38)26(28(36)29(37)34(31)20-22-9-8-19-41-22)27(35)21-12-14-23(15-13-21)42(39,40)32-17-6-3-7-18-32/h2,4-5,10-15,22,35H,1,3,6-9,16-20H2/b27-26+. The summed E-state index contributed by atoms with van der Waals surface area (Å²) in [5.41, 5.74) is -1.23. The zero-order chi connectivity index (χ0) is 29.6. The molecule has 6 rings (SSSR count). The van der Waals surface area contributed by atoms with E-state index in [1.54, 1.807) is 30.3 Å². The van der Waals surface area contributed by atoms with E-state index in [1.165, 1.54) is 38.4 Å². The second-order valence-electron chi connectivity index (χ2n) is 11.0. The van der Waals surface area contributed by atoms with Crippen LogP contribution in [0.5, 0.6) is 0 Å². The molecular formula is C31H33N3O7S. The molecule has 4 aliphatic heterocycles. The van der Waals surface area contributed by atoms with Gasteiger partial charge in [0.15, 0.2) is 5.54 Å². The first-order valence-electron chi connectivity index (χ1n) is 14.3. The van der Waals surface area contributed by atoms with Gasteiger partial charge < -0.3 is 19.6 Å². The minimum Gasteiger partial charge on any atom is -0.507 e. The van der Waals surface area contributed by atoms with Crippen molar-refractivity contribution in [2.75, 3.05) is 37.7 Å². The third kappa shape index (κ3) is 4.21. The second kappa shape index (κ2) is 10.8.